The lowest BCUT2D eigenvalue weighted by Gasteiger charge is -2.18. The van der Waals surface area contributed by atoms with E-state index in [4.69, 9.17) is 11.6 Å². The minimum atomic E-state index is -4.52. The maximum atomic E-state index is 12.9. The fourth-order valence-corrected chi connectivity index (χ4v) is 2.78. The maximum Gasteiger partial charge on any atom is 0.416 e. The van der Waals surface area contributed by atoms with Crippen molar-refractivity contribution in [1.29, 1.82) is 0 Å². The fourth-order valence-electron chi connectivity index (χ4n) is 1.88. The number of rotatable bonds is 2. The first-order valence-corrected chi connectivity index (χ1v) is 6.77. The van der Waals surface area contributed by atoms with Gasteiger partial charge in [-0.25, -0.2) is 0 Å². The highest BCUT2D eigenvalue weighted by molar-refractivity contribution is 9.10. The van der Waals surface area contributed by atoms with E-state index in [2.05, 4.69) is 15.9 Å². The van der Waals surface area contributed by atoms with Crippen LogP contribution in [-0.4, -0.2) is 5.11 Å². The van der Waals surface area contributed by atoms with Crippen LogP contribution in [0.15, 0.2) is 46.9 Å². The average Bonchev–Trinajstić information content (AvgIpc) is 2.37. The van der Waals surface area contributed by atoms with E-state index in [1.165, 1.54) is 36.4 Å². The van der Waals surface area contributed by atoms with Crippen molar-refractivity contribution in [2.75, 3.05) is 0 Å². The van der Waals surface area contributed by atoms with Crippen LogP contribution in [0.1, 0.15) is 22.8 Å². The molecule has 6 heteroatoms. The van der Waals surface area contributed by atoms with Gasteiger partial charge in [0.2, 0.25) is 0 Å². The molecule has 0 radical (unpaired) electrons. The van der Waals surface area contributed by atoms with Gasteiger partial charge in [-0.1, -0.05) is 51.8 Å². The molecule has 0 saturated carbocycles. The van der Waals surface area contributed by atoms with Crippen molar-refractivity contribution >= 4 is 27.5 Å². The smallest absolute Gasteiger partial charge is 0.384 e. The Morgan fingerprint density at radius 1 is 1.05 bits per heavy atom. The molecule has 0 fully saturated rings. The number of halogens is 5. The molecule has 0 aliphatic rings. The van der Waals surface area contributed by atoms with Crippen LogP contribution in [0.3, 0.4) is 0 Å². The molecule has 0 aliphatic carbocycles. The third-order valence-corrected chi connectivity index (χ3v) is 3.74. The van der Waals surface area contributed by atoms with Crippen molar-refractivity contribution < 1.29 is 18.3 Å². The van der Waals surface area contributed by atoms with E-state index < -0.39 is 17.8 Å². The van der Waals surface area contributed by atoms with E-state index in [1.54, 1.807) is 0 Å². The Balaban J connectivity index is 2.51. The van der Waals surface area contributed by atoms with Crippen LogP contribution in [0, 0.1) is 0 Å². The summed E-state index contributed by atoms with van der Waals surface area (Å²) in [4.78, 5) is 0. The summed E-state index contributed by atoms with van der Waals surface area (Å²) in [7, 11) is 0. The molecule has 0 amide bonds. The summed E-state index contributed by atoms with van der Waals surface area (Å²) in [5, 5.41) is 10.7. The normalized spacial score (nSPS) is 13.3. The molecule has 0 spiro atoms. The zero-order valence-corrected chi connectivity index (χ0v) is 12.3. The van der Waals surface area contributed by atoms with Crippen molar-refractivity contribution in [3.05, 3.63) is 68.7 Å². The van der Waals surface area contributed by atoms with Gasteiger partial charge in [0.1, 0.15) is 6.10 Å². The quantitative estimate of drug-likeness (QED) is 0.775. The lowest BCUT2D eigenvalue weighted by atomic mass is 9.96. The summed E-state index contributed by atoms with van der Waals surface area (Å²) in [6.07, 6.45) is -5.91. The Hall–Kier alpha value is -1.04. The zero-order valence-electron chi connectivity index (χ0n) is 9.96. The van der Waals surface area contributed by atoms with Gasteiger partial charge >= 0.3 is 6.18 Å². The Morgan fingerprint density at radius 3 is 2.30 bits per heavy atom. The molecule has 2 aromatic carbocycles. The van der Waals surface area contributed by atoms with Crippen molar-refractivity contribution in [2.24, 2.45) is 0 Å². The van der Waals surface area contributed by atoms with Gasteiger partial charge in [0.05, 0.1) is 5.56 Å². The van der Waals surface area contributed by atoms with E-state index in [0.717, 1.165) is 6.07 Å². The molecule has 1 N–H and O–H groups in total. The molecule has 0 heterocycles. The Labute approximate surface area is 127 Å². The minimum Gasteiger partial charge on any atom is -0.384 e. The van der Waals surface area contributed by atoms with Crippen LogP contribution in [0.2, 0.25) is 5.02 Å². The SMILES string of the molecule is OC(c1ccc(Cl)cc1Br)c1ccccc1C(F)(F)F. The summed E-state index contributed by atoms with van der Waals surface area (Å²) in [6.45, 7) is 0. The highest BCUT2D eigenvalue weighted by atomic mass is 79.9. The average molecular weight is 366 g/mol. The highest BCUT2D eigenvalue weighted by Gasteiger charge is 2.35. The van der Waals surface area contributed by atoms with Gasteiger partial charge in [-0.05, 0) is 29.3 Å². The van der Waals surface area contributed by atoms with Gasteiger partial charge in [0.15, 0.2) is 0 Å². The van der Waals surface area contributed by atoms with Crippen molar-refractivity contribution in [2.45, 2.75) is 12.3 Å². The second-order valence-electron chi connectivity index (χ2n) is 4.15. The van der Waals surface area contributed by atoms with Crippen LogP contribution >= 0.6 is 27.5 Å². The fraction of sp³-hybridized carbons (Fsp3) is 0.143. The molecule has 1 nitrogen and oxygen atoms in total. The van der Waals surface area contributed by atoms with Gasteiger partial charge in [-0.2, -0.15) is 13.2 Å². The molecule has 2 rings (SSSR count). The Kier molecular flexibility index (Phi) is 4.42. The van der Waals surface area contributed by atoms with E-state index in [0.29, 0.717) is 15.1 Å². The lowest BCUT2D eigenvalue weighted by Crippen LogP contribution is -2.12. The molecule has 1 atom stereocenters. The second-order valence-corrected chi connectivity index (χ2v) is 5.44. The van der Waals surface area contributed by atoms with Gasteiger partial charge in [-0.3, -0.25) is 0 Å². The maximum absolute atomic E-state index is 12.9. The molecule has 20 heavy (non-hydrogen) atoms. The Bertz CT molecular complexity index is 628. The number of aliphatic hydroxyl groups is 1. The van der Waals surface area contributed by atoms with Crippen molar-refractivity contribution in [3.63, 3.8) is 0 Å². The number of hydrogen-bond acceptors (Lipinski definition) is 1. The Morgan fingerprint density at radius 2 is 1.70 bits per heavy atom. The minimum absolute atomic E-state index is 0.192. The van der Waals surface area contributed by atoms with Gasteiger partial charge in [0, 0.05) is 9.50 Å². The van der Waals surface area contributed by atoms with Gasteiger partial charge in [0.25, 0.3) is 0 Å². The largest absolute Gasteiger partial charge is 0.416 e. The van der Waals surface area contributed by atoms with E-state index in [9.17, 15) is 18.3 Å². The molecule has 0 bridgehead atoms. The molecule has 106 valence electrons. The monoisotopic (exact) mass is 364 g/mol. The van der Waals surface area contributed by atoms with Crippen LogP contribution in [-0.2, 0) is 6.18 Å². The number of aliphatic hydroxyl groups excluding tert-OH is 1. The molecular weight excluding hydrogens is 357 g/mol. The van der Waals surface area contributed by atoms with Crippen LogP contribution in [0.4, 0.5) is 13.2 Å². The summed E-state index contributed by atoms with van der Waals surface area (Å²) in [5.74, 6) is 0. The summed E-state index contributed by atoms with van der Waals surface area (Å²) in [5.41, 5.74) is -0.719. The summed E-state index contributed by atoms with van der Waals surface area (Å²) in [6, 6.07) is 9.48. The number of alkyl halides is 3. The lowest BCUT2D eigenvalue weighted by molar-refractivity contribution is -0.139. The van der Waals surface area contributed by atoms with Crippen LogP contribution in [0.25, 0.3) is 0 Å². The standard InChI is InChI=1S/C14H9BrClF3O/c15-12-7-8(16)5-6-10(12)13(20)9-3-1-2-4-11(9)14(17,18)19/h1-7,13,20H. The predicted octanol–water partition coefficient (Wildman–Crippen LogP) is 5.20. The molecule has 0 aromatic heterocycles. The van der Waals surface area contributed by atoms with E-state index in [1.807, 2.05) is 0 Å². The highest BCUT2D eigenvalue weighted by Crippen LogP contribution is 2.38. The zero-order chi connectivity index (χ0) is 14.9. The van der Waals surface area contributed by atoms with Crippen LogP contribution in [0.5, 0.6) is 0 Å². The van der Waals surface area contributed by atoms with E-state index in [-0.39, 0.29) is 5.56 Å². The molecule has 0 aliphatic heterocycles. The first-order chi connectivity index (χ1) is 9.30. The molecule has 1 unspecified atom stereocenters. The first-order valence-electron chi connectivity index (χ1n) is 5.60. The summed E-state index contributed by atoms with van der Waals surface area (Å²) < 4.78 is 39.3. The van der Waals surface area contributed by atoms with E-state index >= 15 is 0 Å². The number of hydrogen-bond donors (Lipinski definition) is 1. The second kappa shape index (κ2) is 5.76. The molecule has 2 aromatic rings. The van der Waals surface area contributed by atoms with Crippen molar-refractivity contribution in [1.82, 2.24) is 0 Å². The molecule has 0 saturated heterocycles. The topological polar surface area (TPSA) is 20.2 Å². The third-order valence-electron chi connectivity index (χ3n) is 2.82. The van der Waals surface area contributed by atoms with Gasteiger partial charge in [-0.15, -0.1) is 0 Å². The third kappa shape index (κ3) is 3.16. The predicted molar refractivity (Wildman–Crippen MR) is 74.7 cm³/mol. The molecular formula is C14H9BrClF3O. The first kappa shape index (κ1) is 15.4. The van der Waals surface area contributed by atoms with Crippen LogP contribution < -0.4 is 0 Å². The number of benzene rings is 2. The van der Waals surface area contributed by atoms with Gasteiger partial charge < -0.3 is 5.11 Å². The summed E-state index contributed by atoms with van der Waals surface area (Å²) >= 11 is 8.97. The van der Waals surface area contributed by atoms with Crippen molar-refractivity contribution in [3.8, 4) is 0 Å².